The number of hydrogen-bond donors (Lipinski definition) is 1. The quantitative estimate of drug-likeness (QED) is 0.798. The highest BCUT2D eigenvalue weighted by Gasteiger charge is 2.06. The number of aromatic nitrogens is 2. The van der Waals surface area contributed by atoms with Crippen LogP contribution < -0.4 is 10.5 Å². The van der Waals surface area contributed by atoms with Gasteiger partial charge in [-0.1, -0.05) is 6.58 Å². The van der Waals surface area contributed by atoms with Crippen molar-refractivity contribution in [1.82, 2.24) is 9.38 Å². The summed E-state index contributed by atoms with van der Waals surface area (Å²) in [5.41, 5.74) is 8.33. The molecule has 0 aliphatic rings. The van der Waals surface area contributed by atoms with Crippen molar-refractivity contribution in [3.05, 3.63) is 42.4 Å². The van der Waals surface area contributed by atoms with Gasteiger partial charge in [-0.05, 0) is 31.2 Å². The zero-order chi connectivity index (χ0) is 12.3. The molecule has 0 saturated carbocycles. The Bertz CT molecular complexity index is 530. The Balaban J connectivity index is 2.31. The average Bonchev–Trinajstić information content (AvgIpc) is 2.69. The number of fused-ring (bicyclic) bond motifs is 1. The molecule has 17 heavy (non-hydrogen) atoms. The number of ether oxygens (including phenoxy) is 1. The SMILES string of the molecule is C=C(C)COc1cccn2cc(CCN)nc12. The van der Waals surface area contributed by atoms with Crippen LogP contribution in [0.2, 0.25) is 0 Å². The Kier molecular flexibility index (Phi) is 3.44. The number of pyridine rings is 1. The van der Waals surface area contributed by atoms with Crippen molar-refractivity contribution in [3.63, 3.8) is 0 Å². The number of nitrogens with zero attached hydrogens (tertiary/aromatic N) is 2. The predicted octanol–water partition coefficient (Wildman–Crippen LogP) is 1.79. The first-order valence-corrected chi connectivity index (χ1v) is 5.64. The first kappa shape index (κ1) is 11.7. The summed E-state index contributed by atoms with van der Waals surface area (Å²) >= 11 is 0. The van der Waals surface area contributed by atoms with Crippen molar-refractivity contribution in [1.29, 1.82) is 0 Å². The lowest BCUT2D eigenvalue weighted by Gasteiger charge is -2.06. The van der Waals surface area contributed by atoms with Gasteiger partial charge in [0.15, 0.2) is 11.4 Å². The third kappa shape index (κ3) is 2.65. The van der Waals surface area contributed by atoms with Crippen LogP contribution in [0.15, 0.2) is 36.7 Å². The minimum absolute atomic E-state index is 0.513. The summed E-state index contributed by atoms with van der Waals surface area (Å²) in [6, 6.07) is 3.85. The van der Waals surface area contributed by atoms with Crippen LogP contribution in [0, 0.1) is 0 Å². The second-order valence-electron chi connectivity index (χ2n) is 4.12. The lowest BCUT2D eigenvalue weighted by atomic mass is 10.3. The normalized spacial score (nSPS) is 10.7. The summed E-state index contributed by atoms with van der Waals surface area (Å²) in [5, 5.41) is 0. The molecule has 0 radical (unpaired) electrons. The zero-order valence-electron chi connectivity index (χ0n) is 10.0. The monoisotopic (exact) mass is 231 g/mol. The second kappa shape index (κ2) is 5.01. The molecule has 2 heterocycles. The van der Waals surface area contributed by atoms with Crippen LogP contribution in [0.25, 0.3) is 5.65 Å². The van der Waals surface area contributed by atoms with Gasteiger partial charge in [0.25, 0.3) is 0 Å². The number of imidazole rings is 1. The molecule has 90 valence electrons. The van der Waals surface area contributed by atoms with Gasteiger partial charge >= 0.3 is 0 Å². The van der Waals surface area contributed by atoms with Crippen LogP contribution in [-0.2, 0) is 6.42 Å². The molecule has 0 aliphatic carbocycles. The summed E-state index contributed by atoms with van der Waals surface area (Å²) < 4.78 is 7.62. The largest absolute Gasteiger partial charge is 0.485 e. The van der Waals surface area contributed by atoms with Crippen molar-refractivity contribution < 1.29 is 4.74 Å². The van der Waals surface area contributed by atoms with E-state index >= 15 is 0 Å². The summed E-state index contributed by atoms with van der Waals surface area (Å²) in [4.78, 5) is 4.51. The fraction of sp³-hybridized carbons (Fsp3) is 0.308. The third-order valence-electron chi connectivity index (χ3n) is 2.37. The van der Waals surface area contributed by atoms with E-state index in [1.807, 2.05) is 35.9 Å². The minimum Gasteiger partial charge on any atom is -0.485 e. The van der Waals surface area contributed by atoms with Crippen molar-refractivity contribution in [2.45, 2.75) is 13.3 Å². The van der Waals surface area contributed by atoms with E-state index in [9.17, 15) is 0 Å². The Labute approximate surface area is 101 Å². The van der Waals surface area contributed by atoms with Gasteiger partial charge in [0.1, 0.15) is 6.61 Å². The minimum atomic E-state index is 0.513. The number of hydrogen-bond acceptors (Lipinski definition) is 3. The smallest absolute Gasteiger partial charge is 0.179 e. The van der Waals surface area contributed by atoms with Crippen LogP contribution in [0.3, 0.4) is 0 Å². The maximum absolute atomic E-state index is 5.66. The Morgan fingerprint density at radius 1 is 1.59 bits per heavy atom. The molecule has 2 aromatic rings. The van der Waals surface area contributed by atoms with E-state index in [2.05, 4.69) is 11.6 Å². The van der Waals surface area contributed by atoms with Crippen LogP contribution in [0.5, 0.6) is 5.75 Å². The summed E-state index contributed by atoms with van der Waals surface area (Å²) in [5.74, 6) is 0.777. The van der Waals surface area contributed by atoms with E-state index in [1.165, 1.54) is 0 Å². The standard InChI is InChI=1S/C13H17N3O/c1-10(2)9-17-12-4-3-7-16-8-11(5-6-14)15-13(12)16/h3-4,7-8H,1,5-6,9,14H2,2H3. The Morgan fingerprint density at radius 2 is 2.41 bits per heavy atom. The van der Waals surface area contributed by atoms with Crippen LogP contribution in [0.4, 0.5) is 0 Å². The summed E-state index contributed by atoms with van der Waals surface area (Å²) in [6.45, 7) is 6.87. The molecule has 0 aliphatic heterocycles. The maximum atomic E-state index is 5.66. The lowest BCUT2D eigenvalue weighted by molar-refractivity contribution is 0.354. The fourth-order valence-electron chi connectivity index (χ4n) is 1.62. The molecule has 0 bridgehead atoms. The van der Waals surface area contributed by atoms with Crippen molar-refractivity contribution in [2.75, 3.05) is 13.2 Å². The zero-order valence-corrected chi connectivity index (χ0v) is 10.0. The molecule has 0 aromatic carbocycles. The molecule has 0 amide bonds. The molecule has 0 fully saturated rings. The third-order valence-corrected chi connectivity index (χ3v) is 2.37. The van der Waals surface area contributed by atoms with Gasteiger partial charge in [-0.15, -0.1) is 0 Å². The highest BCUT2D eigenvalue weighted by atomic mass is 16.5. The number of nitrogens with two attached hydrogens (primary N) is 1. The van der Waals surface area contributed by atoms with Gasteiger partial charge in [0.2, 0.25) is 0 Å². The van der Waals surface area contributed by atoms with E-state index in [4.69, 9.17) is 10.5 Å². The molecule has 0 spiro atoms. The topological polar surface area (TPSA) is 52.5 Å². The van der Waals surface area contributed by atoms with Gasteiger partial charge in [-0.3, -0.25) is 0 Å². The maximum Gasteiger partial charge on any atom is 0.179 e. The highest BCUT2D eigenvalue weighted by Crippen LogP contribution is 2.19. The van der Waals surface area contributed by atoms with Gasteiger partial charge in [0, 0.05) is 18.8 Å². The van der Waals surface area contributed by atoms with Crippen LogP contribution >= 0.6 is 0 Å². The highest BCUT2D eigenvalue weighted by molar-refractivity contribution is 5.54. The summed E-state index contributed by atoms with van der Waals surface area (Å²) in [7, 11) is 0. The number of rotatable bonds is 5. The molecule has 0 atom stereocenters. The Morgan fingerprint density at radius 3 is 3.12 bits per heavy atom. The molecule has 0 saturated heterocycles. The van der Waals surface area contributed by atoms with E-state index in [1.54, 1.807) is 0 Å². The van der Waals surface area contributed by atoms with Gasteiger partial charge in [-0.25, -0.2) is 4.98 Å². The predicted molar refractivity (Wildman–Crippen MR) is 68.3 cm³/mol. The van der Waals surface area contributed by atoms with Gasteiger partial charge in [0.05, 0.1) is 5.69 Å². The van der Waals surface area contributed by atoms with Crippen LogP contribution in [0.1, 0.15) is 12.6 Å². The van der Waals surface area contributed by atoms with Gasteiger partial charge in [-0.2, -0.15) is 0 Å². The Hall–Kier alpha value is -1.81. The van der Waals surface area contributed by atoms with Crippen LogP contribution in [-0.4, -0.2) is 22.5 Å². The first-order chi connectivity index (χ1) is 8.20. The van der Waals surface area contributed by atoms with E-state index in [-0.39, 0.29) is 0 Å². The van der Waals surface area contributed by atoms with Crippen molar-refractivity contribution in [2.24, 2.45) is 5.73 Å². The van der Waals surface area contributed by atoms with E-state index in [0.29, 0.717) is 13.2 Å². The average molecular weight is 231 g/mol. The molecule has 4 nitrogen and oxygen atoms in total. The molecule has 0 unspecified atom stereocenters. The molecule has 2 N–H and O–H groups in total. The van der Waals surface area contributed by atoms with E-state index < -0.39 is 0 Å². The van der Waals surface area contributed by atoms with Crippen molar-refractivity contribution in [3.8, 4) is 5.75 Å². The van der Waals surface area contributed by atoms with E-state index in [0.717, 1.165) is 29.1 Å². The molecule has 4 heteroatoms. The molecule has 2 aromatic heterocycles. The summed E-state index contributed by atoms with van der Waals surface area (Å²) in [6.07, 6.45) is 4.72. The lowest BCUT2D eigenvalue weighted by Crippen LogP contribution is -2.02. The van der Waals surface area contributed by atoms with Crippen molar-refractivity contribution >= 4 is 5.65 Å². The molecular formula is C13H17N3O. The molecule has 2 rings (SSSR count). The molecular weight excluding hydrogens is 214 g/mol. The first-order valence-electron chi connectivity index (χ1n) is 5.64. The fourth-order valence-corrected chi connectivity index (χ4v) is 1.62. The van der Waals surface area contributed by atoms with Gasteiger partial charge < -0.3 is 14.9 Å². The second-order valence-corrected chi connectivity index (χ2v) is 4.12.